The molecule has 0 amide bonds. The Kier molecular flexibility index (Phi) is 3.98. The second kappa shape index (κ2) is 5.89. The summed E-state index contributed by atoms with van der Waals surface area (Å²) in [7, 11) is 0. The molecule has 0 unspecified atom stereocenters. The SMILES string of the molecule is CCN(Cc1cccs1)c1ccnc2cc(Br)cnc12. The van der Waals surface area contributed by atoms with E-state index in [4.69, 9.17) is 0 Å². The van der Waals surface area contributed by atoms with Crippen LogP contribution >= 0.6 is 27.3 Å². The Hall–Kier alpha value is -1.46. The highest BCUT2D eigenvalue weighted by Crippen LogP contribution is 2.27. The fourth-order valence-corrected chi connectivity index (χ4v) is 3.24. The van der Waals surface area contributed by atoms with Crippen LogP contribution < -0.4 is 4.90 Å². The van der Waals surface area contributed by atoms with Crippen LogP contribution in [0.5, 0.6) is 0 Å². The normalized spacial score (nSPS) is 10.9. The highest BCUT2D eigenvalue weighted by molar-refractivity contribution is 9.10. The standard InChI is InChI=1S/C15H14BrN3S/c1-2-19(10-12-4-3-7-20-12)14-5-6-17-13-8-11(16)9-18-15(13)14/h3-9H,2,10H2,1H3. The van der Waals surface area contributed by atoms with Crippen molar-refractivity contribution in [2.75, 3.05) is 11.4 Å². The molecule has 0 aliphatic heterocycles. The maximum absolute atomic E-state index is 4.53. The topological polar surface area (TPSA) is 29.0 Å². The lowest BCUT2D eigenvalue weighted by atomic mass is 10.2. The van der Waals surface area contributed by atoms with Gasteiger partial charge in [0.1, 0.15) is 5.52 Å². The molecule has 20 heavy (non-hydrogen) atoms. The molecule has 0 saturated heterocycles. The highest BCUT2D eigenvalue weighted by Gasteiger charge is 2.11. The summed E-state index contributed by atoms with van der Waals surface area (Å²) in [5.41, 5.74) is 3.01. The molecule has 0 fully saturated rings. The first-order chi connectivity index (χ1) is 9.78. The average Bonchev–Trinajstić information content (AvgIpc) is 2.97. The van der Waals surface area contributed by atoms with Crippen molar-refractivity contribution in [3.63, 3.8) is 0 Å². The zero-order valence-corrected chi connectivity index (χ0v) is 13.5. The molecular formula is C15H14BrN3S. The van der Waals surface area contributed by atoms with Crippen molar-refractivity contribution in [2.45, 2.75) is 13.5 Å². The minimum Gasteiger partial charge on any atom is -0.365 e. The molecule has 0 saturated carbocycles. The first-order valence-electron chi connectivity index (χ1n) is 6.45. The number of anilines is 1. The summed E-state index contributed by atoms with van der Waals surface area (Å²) in [6.45, 7) is 4.01. The molecule has 102 valence electrons. The molecule has 3 rings (SSSR count). The van der Waals surface area contributed by atoms with Crippen molar-refractivity contribution in [2.24, 2.45) is 0 Å². The molecule has 0 aliphatic carbocycles. The largest absolute Gasteiger partial charge is 0.365 e. The van der Waals surface area contributed by atoms with Gasteiger partial charge in [0.2, 0.25) is 0 Å². The predicted octanol–water partition coefficient (Wildman–Crippen LogP) is 4.48. The quantitative estimate of drug-likeness (QED) is 0.696. The zero-order valence-electron chi connectivity index (χ0n) is 11.1. The van der Waals surface area contributed by atoms with Gasteiger partial charge in [-0.2, -0.15) is 0 Å². The summed E-state index contributed by atoms with van der Waals surface area (Å²) in [6, 6.07) is 8.31. The molecular weight excluding hydrogens is 334 g/mol. The fourth-order valence-electron chi connectivity index (χ4n) is 2.20. The van der Waals surface area contributed by atoms with Gasteiger partial charge in [-0.3, -0.25) is 9.97 Å². The van der Waals surface area contributed by atoms with Crippen molar-refractivity contribution >= 4 is 44.0 Å². The van der Waals surface area contributed by atoms with Gasteiger partial charge in [0.15, 0.2) is 0 Å². The molecule has 0 atom stereocenters. The van der Waals surface area contributed by atoms with E-state index in [1.54, 1.807) is 11.3 Å². The lowest BCUT2D eigenvalue weighted by molar-refractivity contribution is 0.844. The van der Waals surface area contributed by atoms with E-state index in [9.17, 15) is 0 Å². The first-order valence-corrected chi connectivity index (χ1v) is 8.13. The minimum atomic E-state index is 0.908. The van der Waals surface area contributed by atoms with E-state index in [2.05, 4.69) is 55.2 Å². The van der Waals surface area contributed by atoms with Crippen molar-refractivity contribution in [3.05, 3.63) is 51.4 Å². The summed E-state index contributed by atoms with van der Waals surface area (Å²) in [5.74, 6) is 0. The van der Waals surface area contributed by atoms with E-state index in [0.29, 0.717) is 0 Å². The molecule has 5 heteroatoms. The Morgan fingerprint density at radius 3 is 2.95 bits per heavy atom. The van der Waals surface area contributed by atoms with Crippen LogP contribution in [0.2, 0.25) is 0 Å². The molecule has 3 aromatic rings. The maximum atomic E-state index is 4.53. The number of halogens is 1. The van der Waals surface area contributed by atoms with Crippen LogP contribution in [-0.2, 0) is 6.54 Å². The van der Waals surface area contributed by atoms with Crippen molar-refractivity contribution < 1.29 is 0 Å². The Labute approximate surface area is 130 Å². The van der Waals surface area contributed by atoms with Crippen molar-refractivity contribution in [1.82, 2.24) is 9.97 Å². The Morgan fingerprint density at radius 1 is 1.30 bits per heavy atom. The molecule has 0 aliphatic rings. The van der Waals surface area contributed by atoms with Gasteiger partial charge in [0.05, 0.1) is 17.7 Å². The van der Waals surface area contributed by atoms with Gasteiger partial charge in [-0.1, -0.05) is 6.07 Å². The van der Waals surface area contributed by atoms with Gasteiger partial charge in [-0.15, -0.1) is 11.3 Å². The maximum Gasteiger partial charge on any atom is 0.112 e. The zero-order chi connectivity index (χ0) is 13.9. The van der Waals surface area contributed by atoms with Crippen LogP contribution in [0, 0.1) is 0 Å². The van der Waals surface area contributed by atoms with E-state index in [0.717, 1.165) is 34.3 Å². The Balaban J connectivity index is 2.03. The van der Waals surface area contributed by atoms with E-state index in [1.165, 1.54) is 4.88 Å². The van der Waals surface area contributed by atoms with E-state index >= 15 is 0 Å². The van der Waals surface area contributed by atoms with Gasteiger partial charge in [-0.05, 0) is 46.4 Å². The lowest BCUT2D eigenvalue weighted by Crippen LogP contribution is -2.22. The summed E-state index contributed by atoms with van der Waals surface area (Å²) in [4.78, 5) is 12.6. The molecule has 0 N–H and O–H groups in total. The predicted molar refractivity (Wildman–Crippen MR) is 88.3 cm³/mol. The van der Waals surface area contributed by atoms with Gasteiger partial charge in [0, 0.05) is 28.3 Å². The average molecular weight is 348 g/mol. The molecule has 0 radical (unpaired) electrons. The summed E-state index contributed by atoms with van der Waals surface area (Å²) >= 11 is 5.23. The number of thiophene rings is 1. The summed E-state index contributed by atoms with van der Waals surface area (Å²) in [6.07, 6.45) is 3.68. The monoisotopic (exact) mass is 347 g/mol. The Morgan fingerprint density at radius 2 is 2.20 bits per heavy atom. The number of rotatable bonds is 4. The second-order valence-electron chi connectivity index (χ2n) is 4.44. The number of aromatic nitrogens is 2. The van der Waals surface area contributed by atoms with Gasteiger partial charge in [0.25, 0.3) is 0 Å². The number of hydrogen-bond donors (Lipinski definition) is 0. The van der Waals surface area contributed by atoms with Crippen LogP contribution in [0.1, 0.15) is 11.8 Å². The number of pyridine rings is 2. The fraction of sp³-hybridized carbons (Fsp3) is 0.200. The third-order valence-electron chi connectivity index (χ3n) is 3.17. The third kappa shape index (κ3) is 2.69. The molecule has 3 aromatic heterocycles. The molecule has 3 heterocycles. The lowest BCUT2D eigenvalue weighted by Gasteiger charge is -2.23. The van der Waals surface area contributed by atoms with Crippen molar-refractivity contribution in [3.8, 4) is 0 Å². The molecule has 0 bridgehead atoms. The summed E-state index contributed by atoms with van der Waals surface area (Å²) < 4.78 is 0.955. The van der Waals surface area contributed by atoms with Gasteiger partial charge in [-0.25, -0.2) is 0 Å². The highest BCUT2D eigenvalue weighted by atomic mass is 79.9. The minimum absolute atomic E-state index is 0.908. The van der Waals surface area contributed by atoms with Crippen LogP contribution in [0.25, 0.3) is 11.0 Å². The van der Waals surface area contributed by atoms with E-state index in [1.807, 2.05) is 24.5 Å². The molecule has 3 nitrogen and oxygen atoms in total. The van der Waals surface area contributed by atoms with Crippen LogP contribution in [0.15, 0.2) is 46.5 Å². The second-order valence-corrected chi connectivity index (χ2v) is 6.39. The van der Waals surface area contributed by atoms with E-state index < -0.39 is 0 Å². The van der Waals surface area contributed by atoms with Crippen LogP contribution in [0.4, 0.5) is 5.69 Å². The molecule has 0 spiro atoms. The van der Waals surface area contributed by atoms with Gasteiger partial charge < -0.3 is 4.90 Å². The third-order valence-corrected chi connectivity index (χ3v) is 4.47. The van der Waals surface area contributed by atoms with Crippen LogP contribution in [-0.4, -0.2) is 16.5 Å². The van der Waals surface area contributed by atoms with Gasteiger partial charge >= 0.3 is 0 Å². The van der Waals surface area contributed by atoms with E-state index in [-0.39, 0.29) is 0 Å². The smallest absolute Gasteiger partial charge is 0.112 e. The van der Waals surface area contributed by atoms with Crippen molar-refractivity contribution in [1.29, 1.82) is 0 Å². The number of fused-ring (bicyclic) bond motifs is 1. The Bertz CT molecular complexity index is 712. The number of hydrogen-bond acceptors (Lipinski definition) is 4. The molecule has 0 aromatic carbocycles. The number of nitrogens with zero attached hydrogens (tertiary/aromatic N) is 3. The van der Waals surface area contributed by atoms with Crippen LogP contribution in [0.3, 0.4) is 0 Å². The first kappa shape index (κ1) is 13.5. The summed E-state index contributed by atoms with van der Waals surface area (Å²) in [5, 5.41) is 2.11.